The van der Waals surface area contributed by atoms with Crippen LogP contribution in [0.1, 0.15) is 5.56 Å². The monoisotopic (exact) mass is 484 g/mol. The van der Waals surface area contributed by atoms with Crippen LogP contribution in [-0.4, -0.2) is 48.8 Å². The van der Waals surface area contributed by atoms with E-state index in [0.717, 1.165) is 11.3 Å². The van der Waals surface area contributed by atoms with Gasteiger partial charge in [0.15, 0.2) is 23.0 Å². The zero-order chi connectivity index (χ0) is 24.9. The molecule has 1 atom stereocenters. The molecule has 5 rings (SSSR count). The number of benzene rings is 3. The van der Waals surface area contributed by atoms with E-state index in [-0.39, 0.29) is 6.61 Å². The summed E-state index contributed by atoms with van der Waals surface area (Å²) in [5.41, 5.74) is 5.58. The lowest BCUT2D eigenvalue weighted by Gasteiger charge is -2.24. The van der Waals surface area contributed by atoms with Crippen molar-refractivity contribution in [1.29, 1.82) is 0 Å². The molecule has 0 saturated heterocycles. The first-order valence-electron chi connectivity index (χ1n) is 11.2. The third-order valence-corrected chi connectivity index (χ3v) is 5.60. The van der Waals surface area contributed by atoms with Gasteiger partial charge in [-0.05, 0) is 42.5 Å². The van der Waals surface area contributed by atoms with Crippen LogP contribution >= 0.6 is 0 Å². The Kier molecular flexibility index (Phi) is 6.53. The summed E-state index contributed by atoms with van der Waals surface area (Å²) in [6.45, 7) is 0.0984. The van der Waals surface area contributed by atoms with Gasteiger partial charge in [0.05, 0.1) is 26.1 Å². The molecule has 4 aromatic rings. The summed E-state index contributed by atoms with van der Waals surface area (Å²) in [5, 5.41) is 8.94. The van der Waals surface area contributed by atoms with Crippen molar-refractivity contribution in [1.82, 2.24) is 15.2 Å². The Hall–Kier alpha value is -4.79. The highest BCUT2D eigenvalue weighted by Crippen LogP contribution is 2.33. The largest absolute Gasteiger partial charge is 0.493 e. The third kappa shape index (κ3) is 4.72. The van der Waals surface area contributed by atoms with Crippen LogP contribution in [0.15, 0.2) is 84.1 Å². The fraction of sp³-hybridized carbons (Fsp3) is 0.148. The number of hydrogen-bond donors (Lipinski definition) is 1. The summed E-state index contributed by atoms with van der Waals surface area (Å²) in [6.07, 6.45) is 2.58. The first-order chi connectivity index (χ1) is 17.7. The first-order valence-corrected chi connectivity index (χ1v) is 11.2. The zero-order valence-corrected chi connectivity index (χ0v) is 19.8. The third-order valence-electron chi connectivity index (χ3n) is 5.60. The van der Waals surface area contributed by atoms with Crippen LogP contribution in [0.4, 0.5) is 0 Å². The van der Waals surface area contributed by atoms with Gasteiger partial charge in [0.1, 0.15) is 12.3 Å². The Balaban J connectivity index is 1.40. The van der Waals surface area contributed by atoms with E-state index in [4.69, 9.17) is 24.0 Å². The maximum atomic E-state index is 12.7. The molecule has 1 amide bonds. The van der Waals surface area contributed by atoms with Crippen molar-refractivity contribution in [3.05, 3.63) is 84.6 Å². The number of aromatic nitrogens is 2. The molecule has 0 unspecified atom stereocenters. The minimum absolute atomic E-state index is 0.0984. The highest BCUT2D eigenvalue weighted by Gasteiger charge is 2.27. The molecule has 0 bridgehead atoms. The van der Waals surface area contributed by atoms with Crippen LogP contribution in [-0.2, 0) is 4.79 Å². The standard InChI is InChI=1S/C27H24N4O5/c1-33-21-13-12-18(14-24(21)34-2)26-19(16-31(30-26)20-8-4-3-5-9-20)15-28-29-27(32)25-17-35-22-10-6-7-11-23(22)36-25/h3-16,25H,17H2,1-2H3,(H,29,32)/b28-15-/t25-/m1/s1. The van der Waals surface area contributed by atoms with Gasteiger partial charge in [0, 0.05) is 17.3 Å². The first kappa shape index (κ1) is 23.0. The molecule has 1 aliphatic rings. The van der Waals surface area contributed by atoms with Crippen molar-refractivity contribution in [2.24, 2.45) is 5.10 Å². The van der Waals surface area contributed by atoms with Crippen LogP contribution in [0.2, 0.25) is 0 Å². The lowest BCUT2D eigenvalue weighted by Crippen LogP contribution is -2.42. The lowest BCUT2D eigenvalue weighted by molar-refractivity contribution is -0.130. The minimum atomic E-state index is -0.811. The second-order valence-electron chi connectivity index (χ2n) is 7.88. The fourth-order valence-electron chi connectivity index (χ4n) is 3.79. The number of hydrazone groups is 1. The van der Waals surface area contributed by atoms with Gasteiger partial charge < -0.3 is 18.9 Å². The van der Waals surface area contributed by atoms with E-state index >= 15 is 0 Å². The Morgan fingerprint density at radius 1 is 1.03 bits per heavy atom. The highest BCUT2D eigenvalue weighted by molar-refractivity contribution is 5.90. The topological polar surface area (TPSA) is 96.2 Å². The van der Waals surface area contributed by atoms with E-state index in [1.54, 1.807) is 37.2 Å². The van der Waals surface area contributed by atoms with Crippen LogP contribution in [0.5, 0.6) is 23.0 Å². The molecule has 182 valence electrons. The van der Waals surface area contributed by atoms with Gasteiger partial charge in [-0.2, -0.15) is 10.2 Å². The average Bonchev–Trinajstić information content (AvgIpc) is 3.37. The lowest BCUT2D eigenvalue weighted by atomic mass is 10.1. The number of fused-ring (bicyclic) bond motifs is 1. The average molecular weight is 485 g/mol. The molecule has 0 fully saturated rings. The number of nitrogens with one attached hydrogen (secondary N) is 1. The van der Waals surface area contributed by atoms with Crippen LogP contribution in [0, 0.1) is 0 Å². The van der Waals surface area contributed by atoms with E-state index in [1.807, 2.05) is 66.9 Å². The molecule has 36 heavy (non-hydrogen) atoms. The van der Waals surface area contributed by atoms with Gasteiger partial charge in [0.25, 0.3) is 5.91 Å². The molecule has 0 saturated carbocycles. The van der Waals surface area contributed by atoms with E-state index < -0.39 is 12.0 Å². The van der Waals surface area contributed by atoms with E-state index in [2.05, 4.69) is 10.5 Å². The molecular weight excluding hydrogens is 460 g/mol. The number of ether oxygens (including phenoxy) is 4. The Bertz CT molecular complexity index is 1400. The molecule has 3 aromatic carbocycles. The molecular formula is C27H24N4O5. The smallest absolute Gasteiger partial charge is 0.284 e. The van der Waals surface area contributed by atoms with Crippen molar-refractivity contribution in [2.75, 3.05) is 20.8 Å². The van der Waals surface area contributed by atoms with Crippen molar-refractivity contribution >= 4 is 12.1 Å². The SMILES string of the molecule is COc1ccc(-c2nn(-c3ccccc3)cc2/C=N\NC(=O)[C@H]2COc3ccccc3O2)cc1OC. The summed E-state index contributed by atoms with van der Waals surface area (Å²) < 4.78 is 23.9. The Morgan fingerprint density at radius 3 is 2.56 bits per heavy atom. The number of amides is 1. The van der Waals surface area contributed by atoms with E-state index in [0.29, 0.717) is 34.3 Å². The van der Waals surface area contributed by atoms with Crippen LogP contribution in [0.25, 0.3) is 16.9 Å². The van der Waals surface area contributed by atoms with Gasteiger partial charge in [-0.15, -0.1) is 0 Å². The molecule has 0 aliphatic carbocycles. The summed E-state index contributed by atoms with van der Waals surface area (Å²) >= 11 is 0. The molecule has 9 heteroatoms. The number of nitrogens with zero attached hydrogens (tertiary/aromatic N) is 3. The molecule has 9 nitrogen and oxygen atoms in total. The molecule has 1 aromatic heterocycles. The fourth-order valence-corrected chi connectivity index (χ4v) is 3.79. The summed E-state index contributed by atoms with van der Waals surface area (Å²) in [5.74, 6) is 1.91. The summed E-state index contributed by atoms with van der Waals surface area (Å²) in [4.78, 5) is 12.7. The maximum absolute atomic E-state index is 12.7. The highest BCUT2D eigenvalue weighted by atomic mass is 16.6. The van der Waals surface area contributed by atoms with Crippen molar-refractivity contribution < 1.29 is 23.7 Å². The number of carbonyl (C=O) groups excluding carboxylic acids is 1. The van der Waals surface area contributed by atoms with Gasteiger partial charge >= 0.3 is 0 Å². The van der Waals surface area contributed by atoms with E-state index in [1.165, 1.54) is 0 Å². The van der Waals surface area contributed by atoms with Gasteiger partial charge in [-0.25, -0.2) is 10.1 Å². The molecule has 1 aliphatic heterocycles. The number of carbonyl (C=O) groups is 1. The minimum Gasteiger partial charge on any atom is -0.493 e. The zero-order valence-electron chi connectivity index (χ0n) is 19.8. The molecule has 1 N–H and O–H groups in total. The summed E-state index contributed by atoms with van der Waals surface area (Å²) in [6, 6.07) is 22.5. The Labute approximate surface area is 207 Å². The number of hydrogen-bond acceptors (Lipinski definition) is 7. The van der Waals surface area contributed by atoms with Gasteiger partial charge in [0.2, 0.25) is 6.10 Å². The van der Waals surface area contributed by atoms with Crippen molar-refractivity contribution in [2.45, 2.75) is 6.10 Å². The molecule has 0 radical (unpaired) electrons. The number of rotatable bonds is 7. The second-order valence-corrected chi connectivity index (χ2v) is 7.88. The quantitative estimate of drug-likeness (QED) is 0.316. The maximum Gasteiger partial charge on any atom is 0.284 e. The van der Waals surface area contributed by atoms with Crippen LogP contribution in [0.3, 0.4) is 0 Å². The van der Waals surface area contributed by atoms with Gasteiger partial charge in [-0.3, -0.25) is 4.79 Å². The van der Waals surface area contributed by atoms with Crippen molar-refractivity contribution in [3.63, 3.8) is 0 Å². The normalized spacial score (nSPS) is 14.4. The van der Waals surface area contributed by atoms with Crippen molar-refractivity contribution in [3.8, 4) is 39.9 Å². The predicted octanol–water partition coefficient (Wildman–Crippen LogP) is 3.85. The Morgan fingerprint density at radius 2 is 1.78 bits per heavy atom. The predicted molar refractivity (Wildman–Crippen MR) is 134 cm³/mol. The molecule has 2 heterocycles. The van der Waals surface area contributed by atoms with E-state index in [9.17, 15) is 4.79 Å². The number of methoxy groups -OCH3 is 2. The van der Waals surface area contributed by atoms with Gasteiger partial charge in [-0.1, -0.05) is 30.3 Å². The summed E-state index contributed by atoms with van der Waals surface area (Å²) in [7, 11) is 3.17. The second kappa shape index (κ2) is 10.2. The molecule has 0 spiro atoms. The number of para-hydroxylation sites is 3. The van der Waals surface area contributed by atoms with Crippen LogP contribution < -0.4 is 24.4 Å².